The van der Waals surface area contributed by atoms with E-state index < -0.39 is 10.0 Å². The molecule has 0 atom stereocenters. The van der Waals surface area contributed by atoms with Crippen LogP contribution in [0.3, 0.4) is 0 Å². The van der Waals surface area contributed by atoms with Gasteiger partial charge in [-0.25, -0.2) is 8.42 Å². The summed E-state index contributed by atoms with van der Waals surface area (Å²) in [6, 6.07) is 23.8. The molecule has 6 heteroatoms. The third-order valence-electron chi connectivity index (χ3n) is 4.95. The van der Waals surface area contributed by atoms with Crippen molar-refractivity contribution in [3.63, 3.8) is 0 Å². The van der Waals surface area contributed by atoms with Gasteiger partial charge in [0.2, 0.25) is 10.0 Å². The number of benzene rings is 3. The van der Waals surface area contributed by atoms with Gasteiger partial charge in [0.25, 0.3) is 5.91 Å². The number of carbonyl (C=O) groups is 1. The van der Waals surface area contributed by atoms with E-state index in [0.717, 1.165) is 11.1 Å². The van der Waals surface area contributed by atoms with E-state index in [9.17, 15) is 13.2 Å². The monoisotopic (exact) mass is 422 g/mol. The van der Waals surface area contributed by atoms with Crippen LogP contribution < -0.4 is 5.32 Å². The Morgan fingerprint density at radius 3 is 2.07 bits per heavy atom. The fourth-order valence-electron chi connectivity index (χ4n) is 3.33. The molecule has 5 nitrogen and oxygen atoms in total. The maximum absolute atomic E-state index is 12.9. The van der Waals surface area contributed by atoms with Gasteiger partial charge < -0.3 is 5.32 Å². The summed E-state index contributed by atoms with van der Waals surface area (Å²) in [5, 5.41) is 2.87. The molecule has 0 aromatic heterocycles. The van der Waals surface area contributed by atoms with Crippen LogP contribution in [-0.4, -0.2) is 31.7 Å². The molecule has 0 bridgehead atoms. The fraction of sp³-hybridized carbons (Fsp3) is 0.208. The normalized spacial score (nSPS) is 11.4. The first-order valence-corrected chi connectivity index (χ1v) is 11.4. The van der Waals surface area contributed by atoms with Gasteiger partial charge in [0.05, 0.1) is 4.90 Å². The van der Waals surface area contributed by atoms with E-state index in [1.807, 2.05) is 62.4 Å². The standard InChI is InChI=1S/C24H26N2O3S/c1-3-26(4-2)30(28,29)22-16-14-21(15-17-22)25-24(27)23-13-9-8-12-20(23)18-19-10-6-5-7-11-19/h5-17H,3-4,18H2,1-2H3,(H,25,27). The first-order chi connectivity index (χ1) is 14.5. The number of sulfonamides is 1. The minimum Gasteiger partial charge on any atom is -0.322 e. The van der Waals surface area contributed by atoms with Crippen LogP contribution >= 0.6 is 0 Å². The van der Waals surface area contributed by atoms with Crippen molar-refractivity contribution >= 4 is 21.6 Å². The molecule has 156 valence electrons. The third kappa shape index (κ3) is 4.96. The first-order valence-electron chi connectivity index (χ1n) is 9.99. The first kappa shape index (κ1) is 21.7. The molecular weight excluding hydrogens is 396 g/mol. The van der Waals surface area contributed by atoms with Crippen LogP contribution in [-0.2, 0) is 16.4 Å². The van der Waals surface area contributed by atoms with Crippen molar-refractivity contribution in [3.8, 4) is 0 Å². The molecule has 0 radical (unpaired) electrons. The van der Waals surface area contributed by atoms with Gasteiger partial charge in [-0.15, -0.1) is 0 Å². The second kappa shape index (κ2) is 9.69. The second-order valence-corrected chi connectivity index (χ2v) is 8.83. The summed E-state index contributed by atoms with van der Waals surface area (Å²) in [7, 11) is -3.52. The number of anilines is 1. The molecule has 0 saturated carbocycles. The van der Waals surface area contributed by atoms with Crippen LogP contribution in [0.15, 0.2) is 83.8 Å². The summed E-state index contributed by atoms with van der Waals surface area (Å²) < 4.78 is 26.6. The average Bonchev–Trinajstić information content (AvgIpc) is 2.76. The Balaban J connectivity index is 1.77. The maximum Gasteiger partial charge on any atom is 0.255 e. The molecule has 1 N–H and O–H groups in total. The van der Waals surface area contributed by atoms with E-state index in [4.69, 9.17) is 0 Å². The number of amides is 1. The van der Waals surface area contributed by atoms with E-state index in [-0.39, 0.29) is 10.8 Å². The van der Waals surface area contributed by atoms with Gasteiger partial charge in [-0.3, -0.25) is 4.79 Å². The summed E-state index contributed by atoms with van der Waals surface area (Å²) in [5.74, 6) is -0.221. The van der Waals surface area contributed by atoms with Crippen LogP contribution in [0.4, 0.5) is 5.69 Å². The average molecular weight is 423 g/mol. The molecular formula is C24H26N2O3S. The smallest absolute Gasteiger partial charge is 0.255 e. The van der Waals surface area contributed by atoms with Gasteiger partial charge >= 0.3 is 0 Å². The molecule has 0 fully saturated rings. The van der Waals surface area contributed by atoms with Gasteiger partial charge in [-0.1, -0.05) is 62.4 Å². The lowest BCUT2D eigenvalue weighted by Gasteiger charge is -2.18. The van der Waals surface area contributed by atoms with Crippen molar-refractivity contribution < 1.29 is 13.2 Å². The lowest BCUT2D eigenvalue weighted by Crippen LogP contribution is -2.30. The zero-order valence-electron chi connectivity index (χ0n) is 17.2. The molecule has 3 rings (SSSR count). The van der Waals surface area contributed by atoms with Gasteiger partial charge in [-0.2, -0.15) is 4.31 Å². The molecule has 0 aliphatic heterocycles. The van der Waals surface area contributed by atoms with Crippen molar-refractivity contribution in [2.75, 3.05) is 18.4 Å². The SMILES string of the molecule is CCN(CC)S(=O)(=O)c1ccc(NC(=O)c2ccccc2Cc2ccccc2)cc1. The van der Waals surface area contributed by atoms with Crippen molar-refractivity contribution in [1.29, 1.82) is 0 Å². The second-order valence-electron chi connectivity index (χ2n) is 6.89. The van der Waals surface area contributed by atoms with Gasteiger partial charge in [0.1, 0.15) is 0 Å². The molecule has 0 saturated heterocycles. The zero-order valence-corrected chi connectivity index (χ0v) is 18.0. The molecule has 0 aliphatic carbocycles. The number of hydrogen-bond donors (Lipinski definition) is 1. The summed E-state index contributed by atoms with van der Waals surface area (Å²) in [6.45, 7) is 4.44. The van der Waals surface area contributed by atoms with Gasteiger partial charge in [-0.05, 0) is 47.9 Å². The number of nitrogens with zero attached hydrogens (tertiary/aromatic N) is 1. The van der Waals surface area contributed by atoms with Crippen LogP contribution in [0.1, 0.15) is 35.3 Å². The summed E-state index contributed by atoms with van der Waals surface area (Å²) in [4.78, 5) is 13.1. The van der Waals surface area contributed by atoms with E-state index in [2.05, 4.69) is 5.32 Å². The molecule has 0 spiro atoms. The zero-order chi connectivity index (χ0) is 21.6. The molecule has 30 heavy (non-hydrogen) atoms. The molecule has 0 heterocycles. The minimum absolute atomic E-state index is 0.216. The predicted molar refractivity (Wildman–Crippen MR) is 120 cm³/mol. The Bertz CT molecular complexity index is 1090. The van der Waals surface area contributed by atoms with Gasteiger partial charge in [0.15, 0.2) is 0 Å². The van der Waals surface area contributed by atoms with E-state index in [1.54, 1.807) is 18.2 Å². The topological polar surface area (TPSA) is 66.5 Å². The van der Waals surface area contributed by atoms with E-state index in [0.29, 0.717) is 30.8 Å². The lowest BCUT2D eigenvalue weighted by molar-refractivity contribution is 0.102. The minimum atomic E-state index is -3.52. The van der Waals surface area contributed by atoms with Gasteiger partial charge in [0, 0.05) is 24.3 Å². The largest absolute Gasteiger partial charge is 0.322 e. The van der Waals surface area contributed by atoms with Crippen LogP contribution in [0.25, 0.3) is 0 Å². The van der Waals surface area contributed by atoms with Crippen molar-refractivity contribution in [2.45, 2.75) is 25.2 Å². The summed E-state index contributed by atoms with van der Waals surface area (Å²) in [5.41, 5.74) is 3.21. The van der Waals surface area contributed by atoms with E-state index in [1.165, 1.54) is 16.4 Å². The number of hydrogen-bond acceptors (Lipinski definition) is 3. The Kier molecular flexibility index (Phi) is 7.03. The Labute approximate surface area is 178 Å². The molecule has 0 unspecified atom stereocenters. The highest BCUT2D eigenvalue weighted by Gasteiger charge is 2.21. The Morgan fingerprint density at radius 2 is 1.43 bits per heavy atom. The summed E-state index contributed by atoms with van der Waals surface area (Å²) >= 11 is 0. The molecule has 1 amide bonds. The molecule has 3 aromatic carbocycles. The van der Waals surface area contributed by atoms with Crippen molar-refractivity contribution in [1.82, 2.24) is 4.31 Å². The van der Waals surface area contributed by atoms with Crippen molar-refractivity contribution in [3.05, 3.63) is 95.6 Å². The molecule has 3 aromatic rings. The lowest BCUT2D eigenvalue weighted by atomic mass is 9.99. The number of nitrogens with one attached hydrogen (secondary N) is 1. The maximum atomic E-state index is 12.9. The summed E-state index contributed by atoms with van der Waals surface area (Å²) in [6.07, 6.45) is 0.658. The quantitative estimate of drug-likeness (QED) is 0.579. The highest BCUT2D eigenvalue weighted by molar-refractivity contribution is 7.89. The Hall–Kier alpha value is -2.96. The van der Waals surface area contributed by atoms with Crippen molar-refractivity contribution in [2.24, 2.45) is 0 Å². The highest BCUT2D eigenvalue weighted by Crippen LogP contribution is 2.20. The van der Waals surface area contributed by atoms with Crippen LogP contribution in [0, 0.1) is 0 Å². The number of rotatable bonds is 8. The highest BCUT2D eigenvalue weighted by atomic mass is 32.2. The van der Waals surface area contributed by atoms with E-state index >= 15 is 0 Å². The fourth-order valence-corrected chi connectivity index (χ4v) is 4.79. The Morgan fingerprint density at radius 1 is 0.833 bits per heavy atom. The third-order valence-corrected chi connectivity index (χ3v) is 7.02. The molecule has 0 aliphatic rings. The number of carbonyl (C=O) groups excluding carboxylic acids is 1. The van der Waals surface area contributed by atoms with Crippen LogP contribution in [0.5, 0.6) is 0 Å². The van der Waals surface area contributed by atoms with Crippen LogP contribution in [0.2, 0.25) is 0 Å². The predicted octanol–water partition coefficient (Wildman–Crippen LogP) is 4.56.